The number of nitrogens with one attached hydrogen (secondary N) is 1. The van der Waals surface area contributed by atoms with E-state index in [0.717, 1.165) is 28.8 Å². The van der Waals surface area contributed by atoms with Crippen LogP contribution in [-0.4, -0.2) is 15.9 Å². The minimum Gasteiger partial charge on any atom is -0.384 e. The van der Waals surface area contributed by atoms with Crippen molar-refractivity contribution in [3.63, 3.8) is 0 Å². The fourth-order valence-corrected chi connectivity index (χ4v) is 3.33. The van der Waals surface area contributed by atoms with Crippen molar-refractivity contribution in [3.8, 4) is 0 Å². The van der Waals surface area contributed by atoms with Gasteiger partial charge in [0.1, 0.15) is 12.1 Å². The summed E-state index contributed by atoms with van der Waals surface area (Å²) in [6, 6.07) is 17.1. The first kappa shape index (κ1) is 20.3. The molecule has 4 rings (SSSR count). The van der Waals surface area contributed by atoms with Gasteiger partial charge >= 0.3 is 6.18 Å². The van der Waals surface area contributed by atoms with Gasteiger partial charge < -0.3 is 11.1 Å². The summed E-state index contributed by atoms with van der Waals surface area (Å²) in [5, 5.41) is 4.08. The van der Waals surface area contributed by atoms with Gasteiger partial charge in [0.15, 0.2) is 0 Å². The van der Waals surface area contributed by atoms with Gasteiger partial charge in [0, 0.05) is 23.7 Å². The number of benzene rings is 3. The third-order valence-corrected chi connectivity index (χ3v) is 4.77. The highest BCUT2D eigenvalue weighted by atomic mass is 19.4. The average molecular weight is 422 g/mol. The van der Waals surface area contributed by atoms with Crippen molar-refractivity contribution in [1.82, 2.24) is 9.97 Å². The van der Waals surface area contributed by atoms with Crippen molar-refractivity contribution >= 4 is 28.2 Å². The Morgan fingerprint density at radius 3 is 2.55 bits per heavy atom. The Labute approximate surface area is 175 Å². The maximum Gasteiger partial charge on any atom is 0.416 e. The van der Waals surface area contributed by atoms with Gasteiger partial charge in [-0.2, -0.15) is 13.2 Å². The zero-order valence-electron chi connectivity index (χ0n) is 16.1. The quantitative estimate of drug-likeness (QED) is 0.481. The summed E-state index contributed by atoms with van der Waals surface area (Å²) in [5.41, 5.74) is 7.06. The second kappa shape index (κ2) is 8.06. The Morgan fingerprint density at radius 2 is 1.77 bits per heavy atom. The van der Waals surface area contributed by atoms with E-state index in [0.29, 0.717) is 23.2 Å². The van der Waals surface area contributed by atoms with Crippen LogP contribution in [0, 0.1) is 0 Å². The van der Waals surface area contributed by atoms with Crippen LogP contribution in [0.15, 0.2) is 73.1 Å². The first-order valence-electron chi connectivity index (χ1n) is 9.36. The molecule has 0 bridgehead atoms. The summed E-state index contributed by atoms with van der Waals surface area (Å²) in [5.74, 6) is -0.0967. The van der Waals surface area contributed by atoms with Crippen LogP contribution in [0.25, 0.3) is 10.8 Å². The van der Waals surface area contributed by atoms with E-state index in [1.54, 1.807) is 18.2 Å². The summed E-state index contributed by atoms with van der Waals surface area (Å²) < 4.78 is 38.8. The van der Waals surface area contributed by atoms with Gasteiger partial charge in [-0.15, -0.1) is 0 Å². The molecule has 8 heteroatoms. The predicted molar refractivity (Wildman–Crippen MR) is 113 cm³/mol. The molecule has 0 spiro atoms. The van der Waals surface area contributed by atoms with Crippen molar-refractivity contribution in [2.75, 3.05) is 11.1 Å². The number of nitrogens with two attached hydrogens (primary N) is 1. The second-order valence-corrected chi connectivity index (χ2v) is 7.00. The molecule has 1 heterocycles. The number of hydrogen-bond donors (Lipinski definition) is 2. The van der Waals surface area contributed by atoms with Gasteiger partial charge in [0.25, 0.3) is 5.91 Å². The molecule has 0 aliphatic rings. The fraction of sp³-hybridized carbons (Fsp3) is 0.0870. The van der Waals surface area contributed by atoms with Crippen LogP contribution < -0.4 is 11.1 Å². The molecule has 0 aliphatic heterocycles. The molecule has 5 nitrogen and oxygen atoms in total. The minimum atomic E-state index is -4.48. The smallest absolute Gasteiger partial charge is 0.384 e. The van der Waals surface area contributed by atoms with E-state index in [1.165, 1.54) is 18.5 Å². The highest BCUT2D eigenvalue weighted by Crippen LogP contribution is 2.31. The number of halogens is 3. The molecule has 31 heavy (non-hydrogen) atoms. The molecular weight excluding hydrogens is 405 g/mol. The third-order valence-electron chi connectivity index (χ3n) is 4.77. The SMILES string of the molecule is Nc1cc(Cc2ccc3c(C(=O)Nc4cccc(C(F)(F)F)c4)cccc3c2)ncn1. The number of alkyl halides is 3. The lowest BCUT2D eigenvalue weighted by Gasteiger charge is -2.11. The Hall–Kier alpha value is -3.94. The van der Waals surface area contributed by atoms with Gasteiger partial charge in [-0.3, -0.25) is 4.79 Å². The summed E-state index contributed by atoms with van der Waals surface area (Å²) in [7, 11) is 0. The topological polar surface area (TPSA) is 80.9 Å². The second-order valence-electron chi connectivity index (χ2n) is 7.00. The molecule has 0 saturated carbocycles. The lowest BCUT2D eigenvalue weighted by Crippen LogP contribution is -2.13. The van der Waals surface area contributed by atoms with E-state index in [2.05, 4.69) is 15.3 Å². The van der Waals surface area contributed by atoms with Gasteiger partial charge in [-0.1, -0.05) is 36.4 Å². The van der Waals surface area contributed by atoms with Gasteiger partial charge in [0.2, 0.25) is 0 Å². The normalized spacial score (nSPS) is 11.5. The van der Waals surface area contributed by atoms with Crippen LogP contribution in [-0.2, 0) is 12.6 Å². The van der Waals surface area contributed by atoms with Crippen LogP contribution in [0.5, 0.6) is 0 Å². The van der Waals surface area contributed by atoms with Crippen LogP contribution in [0.4, 0.5) is 24.7 Å². The number of hydrogen-bond acceptors (Lipinski definition) is 4. The molecule has 0 radical (unpaired) electrons. The zero-order chi connectivity index (χ0) is 22.0. The Morgan fingerprint density at radius 1 is 0.968 bits per heavy atom. The van der Waals surface area contributed by atoms with Crippen LogP contribution >= 0.6 is 0 Å². The molecule has 0 fully saturated rings. The van der Waals surface area contributed by atoms with Crippen LogP contribution in [0.1, 0.15) is 27.2 Å². The lowest BCUT2D eigenvalue weighted by molar-refractivity contribution is -0.137. The number of aromatic nitrogens is 2. The number of fused-ring (bicyclic) bond motifs is 1. The van der Waals surface area contributed by atoms with Crippen molar-refractivity contribution in [2.45, 2.75) is 12.6 Å². The maximum atomic E-state index is 12.9. The van der Waals surface area contributed by atoms with Crippen LogP contribution in [0.2, 0.25) is 0 Å². The van der Waals surface area contributed by atoms with E-state index < -0.39 is 17.6 Å². The summed E-state index contributed by atoms with van der Waals surface area (Å²) in [6.45, 7) is 0. The molecule has 3 aromatic carbocycles. The standard InChI is InChI=1S/C23H17F3N4O/c24-23(25,26)16-4-2-5-17(11-16)30-22(31)20-6-1-3-15-9-14(7-8-19(15)20)10-18-12-21(27)29-13-28-18/h1-9,11-13H,10H2,(H,30,31)(H2,27,28,29). The molecule has 0 atom stereocenters. The summed E-state index contributed by atoms with van der Waals surface area (Å²) in [4.78, 5) is 20.9. The Kier molecular flexibility index (Phi) is 5.29. The van der Waals surface area contributed by atoms with E-state index >= 15 is 0 Å². The van der Waals surface area contributed by atoms with Gasteiger partial charge in [-0.05, 0) is 40.6 Å². The number of amides is 1. The molecule has 0 saturated heterocycles. The highest BCUT2D eigenvalue weighted by molar-refractivity contribution is 6.13. The van der Waals surface area contributed by atoms with Crippen molar-refractivity contribution in [3.05, 3.63) is 95.4 Å². The largest absolute Gasteiger partial charge is 0.416 e. The van der Waals surface area contributed by atoms with E-state index in [9.17, 15) is 18.0 Å². The molecule has 3 N–H and O–H groups in total. The number of rotatable bonds is 4. The zero-order valence-corrected chi connectivity index (χ0v) is 16.1. The van der Waals surface area contributed by atoms with Crippen molar-refractivity contribution in [2.24, 2.45) is 0 Å². The molecule has 0 unspecified atom stereocenters. The summed E-state index contributed by atoms with van der Waals surface area (Å²) in [6.07, 6.45) is -2.53. The van der Waals surface area contributed by atoms with Crippen LogP contribution in [0.3, 0.4) is 0 Å². The number of anilines is 2. The third kappa shape index (κ3) is 4.63. The number of nitrogen functional groups attached to an aromatic ring is 1. The first-order valence-corrected chi connectivity index (χ1v) is 9.36. The molecule has 0 aliphatic carbocycles. The monoisotopic (exact) mass is 422 g/mol. The average Bonchev–Trinajstić information content (AvgIpc) is 2.73. The number of nitrogens with zero attached hydrogens (tertiary/aromatic N) is 2. The van der Waals surface area contributed by atoms with Crippen molar-refractivity contribution in [1.29, 1.82) is 0 Å². The van der Waals surface area contributed by atoms with Crippen molar-refractivity contribution < 1.29 is 18.0 Å². The summed E-state index contributed by atoms with van der Waals surface area (Å²) >= 11 is 0. The Bertz CT molecular complexity index is 1270. The first-order chi connectivity index (χ1) is 14.8. The minimum absolute atomic E-state index is 0.0785. The molecule has 1 aromatic heterocycles. The van der Waals surface area contributed by atoms with E-state index in [4.69, 9.17) is 5.73 Å². The predicted octanol–water partition coefficient (Wildman–Crippen LogP) is 5.07. The molecule has 4 aromatic rings. The number of carbonyl (C=O) groups is 1. The number of carbonyl (C=O) groups excluding carboxylic acids is 1. The molecule has 1 amide bonds. The van der Waals surface area contributed by atoms with Gasteiger partial charge in [0.05, 0.1) is 11.3 Å². The molecule has 156 valence electrons. The fourth-order valence-electron chi connectivity index (χ4n) is 3.33. The Balaban J connectivity index is 1.60. The maximum absolute atomic E-state index is 12.9. The van der Waals surface area contributed by atoms with E-state index in [1.807, 2.05) is 24.3 Å². The van der Waals surface area contributed by atoms with Gasteiger partial charge in [-0.25, -0.2) is 9.97 Å². The highest BCUT2D eigenvalue weighted by Gasteiger charge is 2.30. The molecular formula is C23H17F3N4O. The lowest BCUT2D eigenvalue weighted by atomic mass is 9.99. The van der Waals surface area contributed by atoms with E-state index in [-0.39, 0.29) is 5.69 Å².